The summed E-state index contributed by atoms with van der Waals surface area (Å²) in [5, 5.41) is 10.8. The van der Waals surface area contributed by atoms with Gasteiger partial charge in [0.15, 0.2) is 6.29 Å². The van der Waals surface area contributed by atoms with Gasteiger partial charge in [-0.15, -0.1) is 0 Å². The van der Waals surface area contributed by atoms with E-state index in [0.717, 1.165) is 18.4 Å². The summed E-state index contributed by atoms with van der Waals surface area (Å²) in [6.07, 6.45) is 7.96. The first-order valence-corrected chi connectivity index (χ1v) is 11.6. The maximum Gasteiger partial charge on any atom is 0.160 e. The molecule has 1 saturated heterocycles. The molecule has 6 heteroatoms. The summed E-state index contributed by atoms with van der Waals surface area (Å²) in [6.45, 7) is 8.51. The molecule has 180 valence electrons. The second-order valence-corrected chi connectivity index (χ2v) is 9.18. The fourth-order valence-corrected chi connectivity index (χ4v) is 5.08. The van der Waals surface area contributed by atoms with E-state index in [0.29, 0.717) is 24.2 Å². The van der Waals surface area contributed by atoms with Crippen molar-refractivity contribution in [2.45, 2.75) is 83.8 Å². The van der Waals surface area contributed by atoms with Gasteiger partial charge in [-0.05, 0) is 43.1 Å². The van der Waals surface area contributed by atoms with Gasteiger partial charge in [-0.1, -0.05) is 39.0 Å². The van der Waals surface area contributed by atoms with Crippen LogP contribution < -0.4 is 0 Å². The zero-order chi connectivity index (χ0) is 23.1. The Kier molecular flexibility index (Phi) is 10.7. The fourth-order valence-electron chi connectivity index (χ4n) is 5.08. The quantitative estimate of drug-likeness (QED) is 0.463. The van der Waals surface area contributed by atoms with Crippen molar-refractivity contribution in [1.29, 1.82) is 0 Å². The number of methoxy groups -OCH3 is 4. The Bertz CT molecular complexity index is 587. The molecular weight excluding hydrogens is 396 g/mol. The summed E-state index contributed by atoms with van der Waals surface area (Å²) in [4.78, 5) is 0. The molecule has 0 aromatic heterocycles. The lowest BCUT2D eigenvalue weighted by Crippen LogP contribution is -2.51. The Labute approximate surface area is 188 Å². The van der Waals surface area contributed by atoms with Gasteiger partial charge >= 0.3 is 0 Å². The van der Waals surface area contributed by atoms with E-state index in [1.165, 1.54) is 0 Å². The van der Waals surface area contributed by atoms with Crippen molar-refractivity contribution in [2.75, 3.05) is 28.4 Å². The van der Waals surface area contributed by atoms with Gasteiger partial charge in [0.05, 0.1) is 18.3 Å². The summed E-state index contributed by atoms with van der Waals surface area (Å²) >= 11 is 0. The van der Waals surface area contributed by atoms with Gasteiger partial charge < -0.3 is 28.8 Å². The number of hydrogen-bond donors (Lipinski definition) is 1. The third-order valence-electron chi connectivity index (χ3n) is 7.28. The number of rotatable bonds is 12. The molecule has 10 atom stereocenters. The van der Waals surface area contributed by atoms with Crippen molar-refractivity contribution in [3.63, 3.8) is 0 Å². The Morgan fingerprint density at radius 3 is 2.32 bits per heavy atom. The largest absolute Gasteiger partial charge is 0.392 e. The maximum absolute atomic E-state index is 10.8. The molecule has 1 N–H and O–H groups in total. The molecule has 0 spiro atoms. The predicted octanol–water partition coefficient (Wildman–Crippen LogP) is 3.97. The van der Waals surface area contributed by atoms with Crippen LogP contribution in [0.3, 0.4) is 0 Å². The third kappa shape index (κ3) is 6.62. The molecule has 6 nitrogen and oxygen atoms in total. The summed E-state index contributed by atoms with van der Waals surface area (Å²) in [7, 11) is 6.80. The van der Waals surface area contributed by atoms with Crippen LogP contribution in [-0.4, -0.2) is 70.4 Å². The van der Waals surface area contributed by atoms with Crippen molar-refractivity contribution in [2.24, 2.45) is 23.7 Å². The Morgan fingerprint density at radius 1 is 1.06 bits per heavy atom. The number of aliphatic hydroxyl groups excluding tert-OH is 1. The van der Waals surface area contributed by atoms with Crippen LogP contribution in [0.4, 0.5) is 0 Å². The Hall–Kier alpha value is -0.760. The number of hydrogen-bond acceptors (Lipinski definition) is 6. The van der Waals surface area contributed by atoms with Crippen molar-refractivity contribution in [3.05, 3.63) is 23.8 Å². The molecular formula is C25H44O6. The molecule has 1 aliphatic carbocycles. The molecule has 0 unspecified atom stereocenters. The van der Waals surface area contributed by atoms with Crippen molar-refractivity contribution in [1.82, 2.24) is 0 Å². The minimum atomic E-state index is -0.333. The third-order valence-corrected chi connectivity index (χ3v) is 7.28. The normalized spacial score (nSPS) is 35.7. The van der Waals surface area contributed by atoms with Crippen LogP contribution in [0.1, 0.15) is 47.0 Å². The highest BCUT2D eigenvalue weighted by molar-refractivity contribution is 5.18. The summed E-state index contributed by atoms with van der Waals surface area (Å²) < 4.78 is 28.4. The first-order valence-electron chi connectivity index (χ1n) is 11.6. The maximum atomic E-state index is 10.8. The highest BCUT2D eigenvalue weighted by Gasteiger charge is 2.48. The first kappa shape index (κ1) is 26.5. The zero-order valence-corrected chi connectivity index (χ0v) is 20.6. The lowest BCUT2D eigenvalue weighted by atomic mass is 9.91. The number of aliphatic hydroxyl groups is 1. The summed E-state index contributed by atoms with van der Waals surface area (Å²) in [6, 6.07) is 0. The molecule has 0 bridgehead atoms. The molecule has 31 heavy (non-hydrogen) atoms. The highest BCUT2D eigenvalue weighted by atomic mass is 16.7. The molecule has 2 rings (SSSR count). The van der Waals surface area contributed by atoms with E-state index < -0.39 is 0 Å². The van der Waals surface area contributed by atoms with E-state index in [9.17, 15) is 5.11 Å². The molecule has 1 saturated carbocycles. The van der Waals surface area contributed by atoms with Gasteiger partial charge in [-0.2, -0.15) is 0 Å². The fraction of sp³-hybridized carbons (Fsp3) is 0.840. The lowest BCUT2D eigenvalue weighted by molar-refractivity contribution is -0.241. The average molecular weight is 441 g/mol. The monoisotopic (exact) mass is 440 g/mol. The van der Waals surface area contributed by atoms with Gasteiger partial charge in [0.2, 0.25) is 0 Å². The highest BCUT2D eigenvalue weighted by Crippen LogP contribution is 2.49. The van der Waals surface area contributed by atoms with E-state index in [1.807, 2.05) is 19.1 Å². The minimum Gasteiger partial charge on any atom is -0.392 e. The van der Waals surface area contributed by atoms with Gasteiger partial charge in [0.25, 0.3) is 0 Å². The van der Waals surface area contributed by atoms with Gasteiger partial charge in [-0.3, -0.25) is 0 Å². The Morgan fingerprint density at radius 2 is 1.77 bits per heavy atom. The molecule has 2 aliphatic rings. The van der Waals surface area contributed by atoms with Crippen LogP contribution >= 0.6 is 0 Å². The smallest absolute Gasteiger partial charge is 0.160 e. The van der Waals surface area contributed by atoms with Crippen LogP contribution in [-0.2, 0) is 23.7 Å². The van der Waals surface area contributed by atoms with E-state index in [1.54, 1.807) is 28.4 Å². The van der Waals surface area contributed by atoms with Crippen LogP contribution in [0.15, 0.2) is 23.8 Å². The van der Waals surface area contributed by atoms with Crippen molar-refractivity contribution in [3.8, 4) is 0 Å². The molecule has 0 aromatic carbocycles. The molecule has 2 fully saturated rings. The topological polar surface area (TPSA) is 66.4 Å². The van der Waals surface area contributed by atoms with E-state index in [4.69, 9.17) is 23.7 Å². The van der Waals surface area contributed by atoms with E-state index in [-0.39, 0.29) is 42.7 Å². The lowest BCUT2D eigenvalue weighted by Gasteiger charge is -2.40. The van der Waals surface area contributed by atoms with Gasteiger partial charge in [0.1, 0.15) is 12.2 Å². The van der Waals surface area contributed by atoms with Gasteiger partial charge in [0, 0.05) is 40.8 Å². The van der Waals surface area contributed by atoms with Crippen LogP contribution in [0.25, 0.3) is 0 Å². The number of ether oxygens (including phenoxy) is 5. The zero-order valence-electron chi connectivity index (χ0n) is 20.6. The molecule has 1 heterocycles. The second kappa shape index (κ2) is 12.5. The molecule has 1 aliphatic heterocycles. The van der Waals surface area contributed by atoms with Crippen molar-refractivity contribution < 1.29 is 28.8 Å². The second-order valence-electron chi connectivity index (χ2n) is 9.18. The van der Waals surface area contributed by atoms with Crippen LogP contribution in [0, 0.1) is 23.7 Å². The summed E-state index contributed by atoms with van der Waals surface area (Å²) in [5.41, 5.74) is 1.04. The Balaban J connectivity index is 1.96. The summed E-state index contributed by atoms with van der Waals surface area (Å²) in [5.74, 6) is 1.46. The number of allylic oxidation sites excluding steroid dienone is 2. The minimum absolute atomic E-state index is 0.0813. The van der Waals surface area contributed by atoms with E-state index >= 15 is 0 Å². The predicted molar refractivity (Wildman–Crippen MR) is 122 cm³/mol. The molecule has 0 amide bonds. The average Bonchev–Trinajstić information content (AvgIpc) is 3.58. The van der Waals surface area contributed by atoms with Crippen LogP contribution in [0.2, 0.25) is 0 Å². The standard InChI is InChI=1S/C25H44O6/c1-9-20(27-5)17(4)18-13-19(18)23(26)15(2)11-10-12-16(3)24-25(30-8)21(28-6)14-22(29-7)31-24/h10-12,15,17-26H,9,13-14H2,1-8H3/b11-10+,16-12+/t15-,17-,18-,19+,20-,21-,22+,23+,24-,25+/m0/s1. The molecule has 0 radical (unpaired) electrons. The van der Waals surface area contributed by atoms with Crippen molar-refractivity contribution >= 4 is 0 Å². The first-order chi connectivity index (χ1) is 14.8. The SMILES string of the molecule is CC[C@H](OC)[C@@H](C)[C@@H]1C[C@H]1[C@H](O)[C@@H](C)/C=C/C=C(\C)[C@@H]1O[C@@H](OC)C[C@H](OC)[C@H]1OC. The van der Waals surface area contributed by atoms with Crippen LogP contribution in [0.5, 0.6) is 0 Å². The van der Waals surface area contributed by atoms with E-state index in [2.05, 4.69) is 26.8 Å². The van der Waals surface area contributed by atoms with Gasteiger partial charge in [-0.25, -0.2) is 0 Å². The molecule has 0 aromatic rings.